The van der Waals surface area contributed by atoms with Crippen molar-refractivity contribution in [3.05, 3.63) is 0 Å². The van der Waals surface area contributed by atoms with E-state index in [0.717, 1.165) is 24.2 Å². The molecule has 5 nitrogen and oxygen atoms in total. The van der Waals surface area contributed by atoms with Crippen LogP contribution in [0.5, 0.6) is 0 Å². The summed E-state index contributed by atoms with van der Waals surface area (Å²) >= 11 is 0. The van der Waals surface area contributed by atoms with Gasteiger partial charge in [-0.3, -0.25) is 0 Å². The molecular weight excluding hydrogens is 380 g/mol. The lowest BCUT2D eigenvalue weighted by Gasteiger charge is -2.35. The quantitative estimate of drug-likeness (QED) is 0.324. The molecule has 1 aliphatic heterocycles. The van der Waals surface area contributed by atoms with E-state index in [2.05, 4.69) is 34.6 Å². The Kier molecular flexibility index (Phi) is 14.5. The zero-order valence-corrected chi connectivity index (χ0v) is 20.3. The molecular formula is C25H50O5. The predicted molar refractivity (Wildman–Crippen MR) is 122 cm³/mol. The van der Waals surface area contributed by atoms with Crippen LogP contribution in [-0.2, 0) is 9.47 Å². The van der Waals surface area contributed by atoms with Crippen LogP contribution in [0.2, 0.25) is 0 Å². The molecule has 1 fully saturated rings. The Morgan fingerprint density at radius 2 is 1.17 bits per heavy atom. The van der Waals surface area contributed by atoms with Crippen LogP contribution in [-0.4, -0.2) is 53.1 Å². The fraction of sp³-hybridized carbons (Fsp3) is 1.00. The van der Waals surface area contributed by atoms with Crippen LogP contribution in [0.25, 0.3) is 0 Å². The molecule has 1 aliphatic rings. The average molecular weight is 431 g/mol. The summed E-state index contributed by atoms with van der Waals surface area (Å²) in [7, 11) is 0. The van der Waals surface area contributed by atoms with Gasteiger partial charge < -0.3 is 24.8 Å². The molecule has 1 heterocycles. The molecule has 0 spiro atoms. The Hall–Kier alpha value is -0.200. The normalized spacial score (nSPS) is 27.9. The Bertz CT molecular complexity index is 416. The molecule has 0 radical (unpaired) electrons. The van der Waals surface area contributed by atoms with Gasteiger partial charge in [0.2, 0.25) is 0 Å². The SMILES string of the molecule is CC(C)CCC[C@@H](C)CCC[C@@H](C)CCCC(C)CCO[C@@H]1OC[C@@H](O)[C@@H](O)[C@H]1O. The van der Waals surface area contributed by atoms with Crippen LogP contribution >= 0.6 is 0 Å². The van der Waals surface area contributed by atoms with E-state index in [-0.39, 0.29) is 6.61 Å². The molecule has 0 aromatic carbocycles. The molecule has 1 rings (SSSR count). The molecule has 7 atom stereocenters. The van der Waals surface area contributed by atoms with Gasteiger partial charge in [-0.2, -0.15) is 0 Å². The average Bonchev–Trinajstić information content (AvgIpc) is 2.67. The Morgan fingerprint density at radius 3 is 1.67 bits per heavy atom. The summed E-state index contributed by atoms with van der Waals surface area (Å²) in [5.74, 6) is 3.07. The highest BCUT2D eigenvalue weighted by atomic mass is 16.7. The number of hydrogen-bond donors (Lipinski definition) is 3. The summed E-state index contributed by atoms with van der Waals surface area (Å²) < 4.78 is 10.9. The molecule has 1 unspecified atom stereocenters. The third-order valence-electron chi connectivity index (χ3n) is 6.61. The standard InChI is InChI=1S/C25H50O5/c1-18(2)9-6-10-19(3)11-7-12-20(4)13-8-14-21(5)15-16-29-25-24(28)23(27)22(26)17-30-25/h18-28H,6-17H2,1-5H3/t19-,20-,21?,22-,23-,24-,25-/m1/s1. The van der Waals surface area contributed by atoms with Crippen LogP contribution in [0.15, 0.2) is 0 Å². The van der Waals surface area contributed by atoms with Gasteiger partial charge in [-0.15, -0.1) is 0 Å². The number of hydrogen-bond acceptors (Lipinski definition) is 5. The molecule has 3 N–H and O–H groups in total. The molecule has 180 valence electrons. The predicted octanol–water partition coefficient (Wildman–Crippen LogP) is 4.91. The molecule has 0 saturated carbocycles. The first-order valence-corrected chi connectivity index (χ1v) is 12.5. The zero-order chi connectivity index (χ0) is 22.5. The van der Waals surface area contributed by atoms with Crippen molar-refractivity contribution in [2.45, 2.75) is 123 Å². The van der Waals surface area contributed by atoms with Crippen LogP contribution in [0, 0.1) is 23.7 Å². The largest absolute Gasteiger partial charge is 0.388 e. The highest BCUT2D eigenvalue weighted by molar-refractivity contribution is 4.82. The number of aliphatic hydroxyl groups is 3. The number of rotatable bonds is 16. The lowest BCUT2D eigenvalue weighted by molar-refractivity contribution is -0.270. The summed E-state index contributed by atoms with van der Waals surface area (Å²) in [6, 6.07) is 0. The first-order chi connectivity index (χ1) is 14.2. The van der Waals surface area contributed by atoms with Gasteiger partial charge in [0, 0.05) is 0 Å². The Morgan fingerprint density at radius 1 is 0.700 bits per heavy atom. The van der Waals surface area contributed by atoms with Gasteiger partial charge >= 0.3 is 0 Å². The number of aliphatic hydroxyl groups excluding tert-OH is 3. The van der Waals surface area contributed by atoms with E-state index in [9.17, 15) is 15.3 Å². The molecule has 0 aliphatic carbocycles. The zero-order valence-electron chi connectivity index (χ0n) is 20.3. The lowest BCUT2D eigenvalue weighted by atomic mass is 9.91. The first kappa shape index (κ1) is 27.8. The number of ether oxygens (including phenoxy) is 2. The van der Waals surface area contributed by atoms with E-state index in [1.807, 2.05) is 0 Å². The van der Waals surface area contributed by atoms with Crippen LogP contribution in [0.1, 0.15) is 98.8 Å². The fourth-order valence-electron chi connectivity index (χ4n) is 4.25. The highest BCUT2D eigenvalue weighted by Crippen LogP contribution is 2.23. The molecule has 0 aromatic heterocycles. The van der Waals surface area contributed by atoms with E-state index in [4.69, 9.17) is 9.47 Å². The molecule has 30 heavy (non-hydrogen) atoms. The van der Waals surface area contributed by atoms with Gasteiger partial charge in [-0.1, -0.05) is 92.4 Å². The highest BCUT2D eigenvalue weighted by Gasteiger charge is 2.38. The van der Waals surface area contributed by atoms with Crippen molar-refractivity contribution in [2.24, 2.45) is 23.7 Å². The van der Waals surface area contributed by atoms with Crippen molar-refractivity contribution in [3.8, 4) is 0 Å². The van der Waals surface area contributed by atoms with Gasteiger partial charge in [0.1, 0.15) is 18.3 Å². The van der Waals surface area contributed by atoms with Crippen molar-refractivity contribution in [3.63, 3.8) is 0 Å². The Labute approximate surface area is 185 Å². The first-order valence-electron chi connectivity index (χ1n) is 12.5. The Balaban J connectivity index is 2.02. The summed E-state index contributed by atoms with van der Waals surface area (Å²) in [6.45, 7) is 12.2. The minimum atomic E-state index is -1.20. The van der Waals surface area contributed by atoms with Gasteiger partial charge in [-0.25, -0.2) is 0 Å². The molecule has 5 heteroatoms. The van der Waals surface area contributed by atoms with Crippen LogP contribution < -0.4 is 0 Å². The molecule has 0 amide bonds. The second kappa shape index (κ2) is 15.6. The van der Waals surface area contributed by atoms with E-state index < -0.39 is 24.6 Å². The third-order valence-corrected chi connectivity index (χ3v) is 6.61. The van der Waals surface area contributed by atoms with Crippen molar-refractivity contribution in [1.29, 1.82) is 0 Å². The minimum absolute atomic E-state index is 0.00689. The van der Waals surface area contributed by atoms with E-state index in [1.54, 1.807) is 0 Å². The molecule has 0 bridgehead atoms. The second-order valence-electron chi connectivity index (χ2n) is 10.4. The summed E-state index contributed by atoms with van der Waals surface area (Å²) in [5, 5.41) is 29.0. The summed E-state index contributed by atoms with van der Waals surface area (Å²) in [6.07, 6.45) is 8.56. The third kappa shape index (κ3) is 12.0. The fourth-order valence-corrected chi connectivity index (χ4v) is 4.25. The summed E-state index contributed by atoms with van der Waals surface area (Å²) in [5.41, 5.74) is 0. The van der Waals surface area contributed by atoms with Gasteiger partial charge in [0.05, 0.1) is 13.2 Å². The van der Waals surface area contributed by atoms with E-state index in [1.165, 1.54) is 57.8 Å². The molecule has 0 aromatic rings. The smallest absolute Gasteiger partial charge is 0.186 e. The molecule has 1 saturated heterocycles. The van der Waals surface area contributed by atoms with Crippen molar-refractivity contribution in [1.82, 2.24) is 0 Å². The maximum atomic E-state index is 9.88. The van der Waals surface area contributed by atoms with Gasteiger partial charge in [0.15, 0.2) is 6.29 Å². The second-order valence-corrected chi connectivity index (χ2v) is 10.4. The van der Waals surface area contributed by atoms with Crippen LogP contribution in [0.4, 0.5) is 0 Å². The minimum Gasteiger partial charge on any atom is -0.388 e. The van der Waals surface area contributed by atoms with Crippen molar-refractivity contribution >= 4 is 0 Å². The maximum absolute atomic E-state index is 9.88. The van der Waals surface area contributed by atoms with Gasteiger partial charge in [-0.05, 0) is 30.1 Å². The van der Waals surface area contributed by atoms with Crippen LogP contribution in [0.3, 0.4) is 0 Å². The monoisotopic (exact) mass is 430 g/mol. The summed E-state index contributed by atoms with van der Waals surface area (Å²) in [4.78, 5) is 0. The van der Waals surface area contributed by atoms with Crippen molar-refractivity contribution < 1.29 is 24.8 Å². The van der Waals surface area contributed by atoms with E-state index >= 15 is 0 Å². The van der Waals surface area contributed by atoms with E-state index in [0.29, 0.717) is 12.5 Å². The maximum Gasteiger partial charge on any atom is 0.186 e. The van der Waals surface area contributed by atoms with Gasteiger partial charge in [0.25, 0.3) is 0 Å². The topological polar surface area (TPSA) is 79.2 Å². The lowest BCUT2D eigenvalue weighted by Crippen LogP contribution is -2.53. The van der Waals surface area contributed by atoms with Crippen molar-refractivity contribution in [2.75, 3.05) is 13.2 Å².